The van der Waals surface area contributed by atoms with Gasteiger partial charge in [0, 0.05) is 30.0 Å². The lowest BCUT2D eigenvalue weighted by Crippen LogP contribution is -2.32. The highest BCUT2D eigenvalue weighted by atomic mass is 16.2. The van der Waals surface area contributed by atoms with E-state index in [-0.39, 0.29) is 17.6 Å². The number of amides is 1. The number of hydrogen-bond donors (Lipinski definition) is 1. The molecule has 0 radical (unpaired) electrons. The molecule has 120 valence electrons. The minimum atomic E-state index is -0.390. The summed E-state index contributed by atoms with van der Waals surface area (Å²) in [5.74, 6) is -0.0617. The average molecular weight is 320 g/mol. The highest BCUT2D eigenvalue weighted by Crippen LogP contribution is 2.31. The fourth-order valence-corrected chi connectivity index (χ4v) is 3.26. The van der Waals surface area contributed by atoms with Gasteiger partial charge in [-0.15, -0.1) is 0 Å². The number of rotatable bonds is 2. The molecule has 1 atom stereocenters. The predicted octanol–water partition coefficient (Wildman–Crippen LogP) is 2.30. The average Bonchev–Trinajstić information content (AvgIpc) is 3.10. The molecule has 1 amide bonds. The van der Waals surface area contributed by atoms with Gasteiger partial charge in [0.1, 0.15) is 0 Å². The van der Waals surface area contributed by atoms with Gasteiger partial charge in [-0.1, -0.05) is 18.2 Å². The van der Waals surface area contributed by atoms with Crippen LogP contribution in [0.5, 0.6) is 0 Å². The second-order valence-electron chi connectivity index (χ2n) is 5.90. The van der Waals surface area contributed by atoms with Crippen molar-refractivity contribution in [3.8, 4) is 0 Å². The minimum Gasteiger partial charge on any atom is -0.330 e. The summed E-state index contributed by atoms with van der Waals surface area (Å²) >= 11 is 0. The molecule has 6 nitrogen and oxygen atoms in total. The summed E-state index contributed by atoms with van der Waals surface area (Å²) in [7, 11) is 0. The molecule has 1 aliphatic rings. The van der Waals surface area contributed by atoms with Gasteiger partial charge in [-0.3, -0.25) is 9.78 Å². The van der Waals surface area contributed by atoms with Crippen molar-refractivity contribution >= 4 is 16.8 Å². The minimum absolute atomic E-state index is 0.0617. The molecule has 4 rings (SSSR count). The SMILES string of the molecule is O=C(c1cnc2ccccc2c1)N1CCCC1c1ccnc(=O)[nH]1. The molecular weight excluding hydrogens is 304 g/mol. The number of pyridine rings is 1. The Morgan fingerprint density at radius 3 is 2.96 bits per heavy atom. The largest absolute Gasteiger partial charge is 0.345 e. The number of likely N-dealkylation sites (tertiary alicyclic amines) is 1. The number of nitrogens with zero attached hydrogens (tertiary/aromatic N) is 3. The molecule has 24 heavy (non-hydrogen) atoms. The number of benzene rings is 1. The second-order valence-corrected chi connectivity index (χ2v) is 5.90. The highest BCUT2D eigenvalue weighted by molar-refractivity contribution is 5.97. The van der Waals surface area contributed by atoms with Gasteiger partial charge in [0.15, 0.2) is 0 Å². The predicted molar refractivity (Wildman–Crippen MR) is 89.6 cm³/mol. The molecular formula is C18H16N4O2. The number of carbonyl (C=O) groups excluding carboxylic acids is 1. The number of aromatic nitrogens is 3. The standard InChI is InChI=1S/C18H16N4O2/c23-17(13-10-12-4-1-2-5-14(12)20-11-13)22-9-3-6-16(22)15-7-8-19-18(24)21-15/h1-2,4-5,7-8,10-11,16H,3,6,9H2,(H,19,21,24). The van der Waals surface area contributed by atoms with Crippen molar-refractivity contribution < 1.29 is 4.79 Å². The van der Waals surface area contributed by atoms with E-state index >= 15 is 0 Å². The molecule has 1 fully saturated rings. The van der Waals surface area contributed by atoms with E-state index in [0.29, 0.717) is 12.1 Å². The van der Waals surface area contributed by atoms with Crippen LogP contribution in [0.25, 0.3) is 10.9 Å². The van der Waals surface area contributed by atoms with E-state index in [2.05, 4.69) is 15.0 Å². The van der Waals surface area contributed by atoms with E-state index in [1.165, 1.54) is 6.20 Å². The van der Waals surface area contributed by atoms with Crippen molar-refractivity contribution in [3.63, 3.8) is 0 Å². The number of H-pyrrole nitrogens is 1. The van der Waals surface area contributed by atoms with Crippen molar-refractivity contribution in [2.75, 3.05) is 6.54 Å². The summed E-state index contributed by atoms with van der Waals surface area (Å²) in [6, 6.07) is 11.2. The Morgan fingerprint density at radius 1 is 1.21 bits per heavy atom. The van der Waals surface area contributed by atoms with Crippen LogP contribution in [0.2, 0.25) is 0 Å². The summed E-state index contributed by atoms with van der Waals surface area (Å²) in [5, 5.41) is 0.941. The zero-order valence-corrected chi connectivity index (χ0v) is 13.0. The Hall–Kier alpha value is -3.02. The first-order valence-electron chi connectivity index (χ1n) is 7.93. The van der Waals surface area contributed by atoms with Crippen LogP contribution in [0.3, 0.4) is 0 Å². The Morgan fingerprint density at radius 2 is 2.08 bits per heavy atom. The van der Waals surface area contributed by atoms with Crippen LogP contribution >= 0.6 is 0 Å². The van der Waals surface area contributed by atoms with Crippen LogP contribution in [0, 0.1) is 0 Å². The molecule has 0 aliphatic carbocycles. The zero-order chi connectivity index (χ0) is 16.5. The van der Waals surface area contributed by atoms with E-state index in [1.807, 2.05) is 30.3 Å². The number of para-hydroxylation sites is 1. The number of fused-ring (bicyclic) bond motifs is 1. The van der Waals surface area contributed by atoms with Gasteiger partial charge in [0.2, 0.25) is 0 Å². The third-order valence-corrected chi connectivity index (χ3v) is 4.41. The smallest absolute Gasteiger partial charge is 0.330 e. The summed E-state index contributed by atoms with van der Waals surface area (Å²) in [5.41, 5.74) is 1.77. The fourth-order valence-electron chi connectivity index (χ4n) is 3.26. The van der Waals surface area contributed by atoms with E-state index < -0.39 is 0 Å². The molecule has 0 bridgehead atoms. The van der Waals surface area contributed by atoms with Gasteiger partial charge in [-0.2, -0.15) is 0 Å². The maximum Gasteiger partial charge on any atom is 0.345 e. The molecule has 0 saturated carbocycles. The molecule has 3 heterocycles. The van der Waals surface area contributed by atoms with Gasteiger partial charge in [-0.25, -0.2) is 9.78 Å². The van der Waals surface area contributed by atoms with Crippen molar-refractivity contribution in [2.24, 2.45) is 0 Å². The van der Waals surface area contributed by atoms with Gasteiger partial charge < -0.3 is 9.88 Å². The van der Waals surface area contributed by atoms with Gasteiger partial charge >= 0.3 is 5.69 Å². The van der Waals surface area contributed by atoms with Gasteiger partial charge in [0.05, 0.1) is 17.1 Å². The lowest BCUT2D eigenvalue weighted by Gasteiger charge is -2.24. The maximum atomic E-state index is 12.9. The Labute approximate surface area is 138 Å². The van der Waals surface area contributed by atoms with Crippen LogP contribution in [0.4, 0.5) is 0 Å². The topological polar surface area (TPSA) is 79.0 Å². The molecule has 1 unspecified atom stereocenters. The van der Waals surface area contributed by atoms with Crippen molar-refractivity contribution in [1.82, 2.24) is 19.9 Å². The monoisotopic (exact) mass is 320 g/mol. The fraction of sp³-hybridized carbons (Fsp3) is 0.222. The molecule has 1 aliphatic heterocycles. The first-order valence-corrected chi connectivity index (χ1v) is 7.93. The quantitative estimate of drug-likeness (QED) is 0.786. The van der Waals surface area contributed by atoms with Crippen LogP contribution in [0.1, 0.15) is 34.9 Å². The number of hydrogen-bond acceptors (Lipinski definition) is 4. The van der Waals surface area contributed by atoms with E-state index in [4.69, 9.17) is 0 Å². The van der Waals surface area contributed by atoms with Crippen molar-refractivity contribution in [3.05, 3.63) is 70.5 Å². The third-order valence-electron chi connectivity index (χ3n) is 4.41. The van der Waals surface area contributed by atoms with Gasteiger partial charge in [0.25, 0.3) is 5.91 Å². The summed E-state index contributed by atoms with van der Waals surface area (Å²) in [6.07, 6.45) is 4.83. The molecule has 3 aromatic rings. The zero-order valence-electron chi connectivity index (χ0n) is 13.0. The van der Waals surface area contributed by atoms with Crippen molar-refractivity contribution in [1.29, 1.82) is 0 Å². The maximum absolute atomic E-state index is 12.9. The molecule has 1 saturated heterocycles. The number of carbonyl (C=O) groups is 1. The van der Waals surface area contributed by atoms with Crippen LogP contribution in [-0.2, 0) is 0 Å². The van der Waals surface area contributed by atoms with E-state index in [1.54, 1.807) is 17.2 Å². The van der Waals surface area contributed by atoms with Crippen molar-refractivity contribution in [2.45, 2.75) is 18.9 Å². The number of nitrogens with one attached hydrogen (secondary N) is 1. The first kappa shape index (κ1) is 14.6. The Kier molecular flexibility index (Phi) is 3.57. The molecule has 6 heteroatoms. The first-order chi connectivity index (χ1) is 11.7. The lowest BCUT2D eigenvalue weighted by molar-refractivity contribution is 0.0732. The molecule has 1 aromatic carbocycles. The molecule has 2 aromatic heterocycles. The van der Waals surface area contributed by atoms with E-state index in [0.717, 1.165) is 29.4 Å². The van der Waals surface area contributed by atoms with Crippen LogP contribution in [-0.4, -0.2) is 32.3 Å². The lowest BCUT2D eigenvalue weighted by atomic mass is 10.1. The number of aromatic amines is 1. The van der Waals surface area contributed by atoms with Crippen LogP contribution < -0.4 is 5.69 Å². The summed E-state index contributed by atoms with van der Waals surface area (Å²) in [4.78, 5) is 37.0. The van der Waals surface area contributed by atoms with Crippen LogP contribution in [0.15, 0.2) is 53.6 Å². The summed E-state index contributed by atoms with van der Waals surface area (Å²) in [6.45, 7) is 0.667. The Balaban J connectivity index is 1.68. The Bertz CT molecular complexity index is 966. The molecule has 1 N–H and O–H groups in total. The van der Waals surface area contributed by atoms with E-state index in [9.17, 15) is 9.59 Å². The second kappa shape index (κ2) is 5.88. The molecule has 0 spiro atoms. The van der Waals surface area contributed by atoms with Gasteiger partial charge in [-0.05, 0) is 31.0 Å². The normalized spacial score (nSPS) is 17.3. The highest BCUT2D eigenvalue weighted by Gasteiger charge is 2.31. The third kappa shape index (κ3) is 2.56. The summed E-state index contributed by atoms with van der Waals surface area (Å²) < 4.78 is 0.